The Kier molecular flexibility index (Phi) is 5.25. The van der Waals surface area contributed by atoms with Gasteiger partial charge < -0.3 is 15.6 Å². The Bertz CT molecular complexity index is 827. The van der Waals surface area contributed by atoms with Crippen LogP contribution in [0.4, 0.5) is 4.79 Å². The van der Waals surface area contributed by atoms with Crippen LogP contribution in [0.2, 0.25) is 0 Å². The van der Waals surface area contributed by atoms with Gasteiger partial charge in [-0.25, -0.2) is 4.79 Å². The maximum absolute atomic E-state index is 12.5. The maximum atomic E-state index is 12.5. The summed E-state index contributed by atoms with van der Waals surface area (Å²) >= 11 is 0. The van der Waals surface area contributed by atoms with Gasteiger partial charge in [0, 0.05) is 36.1 Å². The molecule has 3 N–H and O–H groups in total. The van der Waals surface area contributed by atoms with Gasteiger partial charge in [-0.2, -0.15) is 0 Å². The van der Waals surface area contributed by atoms with Crippen LogP contribution in [0.1, 0.15) is 32.3 Å². The minimum Gasteiger partial charge on any atom is -0.361 e. The fourth-order valence-corrected chi connectivity index (χ4v) is 3.22. The monoisotopic (exact) mass is 356 g/mol. The number of hydrogen-bond donors (Lipinski definition) is 3. The number of rotatable bonds is 7. The highest BCUT2D eigenvalue weighted by molar-refractivity contribution is 6.04. The summed E-state index contributed by atoms with van der Waals surface area (Å²) in [7, 11) is 0. The van der Waals surface area contributed by atoms with Crippen molar-refractivity contribution < 1.29 is 14.4 Å². The van der Waals surface area contributed by atoms with Crippen molar-refractivity contribution in [3.05, 3.63) is 36.0 Å². The fraction of sp³-hybridized carbons (Fsp3) is 0.421. The summed E-state index contributed by atoms with van der Waals surface area (Å²) in [6, 6.07) is 6.98. The lowest BCUT2D eigenvalue weighted by atomic mass is 10.1. The van der Waals surface area contributed by atoms with Crippen LogP contribution in [0.5, 0.6) is 0 Å². The van der Waals surface area contributed by atoms with Crippen molar-refractivity contribution >= 4 is 28.7 Å². The maximum Gasteiger partial charge on any atom is 0.324 e. The van der Waals surface area contributed by atoms with E-state index in [2.05, 4.69) is 15.6 Å². The van der Waals surface area contributed by atoms with Gasteiger partial charge >= 0.3 is 6.03 Å². The minimum atomic E-state index is -0.622. The number of fused-ring (bicyclic) bond motifs is 1. The van der Waals surface area contributed by atoms with Gasteiger partial charge in [-0.3, -0.25) is 14.5 Å². The Hall–Kier alpha value is -2.83. The van der Waals surface area contributed by atoms with Gasteiger partial charge in [-0.05, 0) is 38.3 Å². The molecule has 3 rings (SSSR count). The zero-order valence-electron chi connectivity index (χ0n) is 15.0. The molecule has 2 heterocycles. The van der Waals surface area contributed by atoms with Crippen LogP contribution >= 0.6 is 0 Å². The molecule has 1 atom stereocenters. The molecule has 1 fully saturated rings. The summed E-state index contributed by atoms with van der Waals surface area (Å²) in [5.41, 5.74) is 2.11. The second-order valence-electron chi connectivity index (χ2n) is 6.86. The second-order valence-corrected chi connectivity index (χ2v) is 6.86. The van der Waals surface area contributed by atoms with E-state index in [-0.39, 0.29) is 30.3 Å². The Morgan fingerprint density at radius 3 is 2.81 bits per heavy atom. The SMILES string of the molecule is CC(C)NC(=O)CCC1NC(=O)N(CCc2c[nH]c3ccccc23)C1=O. The molecule has 26 heavy (non-hydrogen) atoms. The van der Waals surface area contributed by atoms with Gasteiger partial charge in [0.2, 0.25) is 5.91 Å². The first-order valence-corrected chi connectivity index (χ1v) is 8.92. The topological polar surface area (TPSA) is 94.3 Å². The molecule has 0 spiro atoms. The van der Waals surface area contributed by atoms with Gasteiger partial charge in [0.1, 0.15) is 6.04 Å². The van der Waals surface area contributed by atoms with E-state index in [1.165, 1.54) is 4.90 Å². The molecule has 1 aliphatic rings. The number of benzene rings is 1. The van der Waals surface area contributed by atoms with E-state index in [1.807, 2.05) is 44.3 Å². The number of aromatic nitrogens is 1. The standard InChI is InChI=1S/C19H24N4O3/c1-12(2)21-17(24)8-7-16-18(25)23(19(26)22-16)10-9-13-11-20-15-6-4-3-5-14(13)15/h3-6,11-12,16,20H,7-10H2,1-2H3,(H,21,24)(H,22,26). The molecule has 0 saturated carbocycles. The lowest BCUT2D eigenvalue weighted by Crippen LogP contribution is -2.35. The van der Waals surface area contributed by atoms with Crippen LogP contribution < -0.4 is 10.6 Å². The van der Waals surface area contributed by atoms with Crippen molar-refractivity contribution in [1.82, 2.24) is 20.5 Å². The average Bonchev–Trinajstić information content (AvgIpc) is 3.12. The highest BCUT2D eigenvalue weighted by atomic mass is 16.2. The number of amides is 4. The first-order valence-electron chi connectivity index (χ1n) is 8.92. The zero-order chi connectivity index (χ0) is 18.7. The molecule has 4 amide bonds. The molecule has 0 aliphatic carbocycles. The predicted octanol–water partition coefficient (Wildman–Crippen LogP) is 1.94. The first kappa shape index (κ1) is 18.0. The Morgan fingerprint density at radius 1 is 1.27 bits per heavy atom. The molecule has 1 aliphatic heterocycles. The lowest BCUT2D eigenvalue weighted by Gasteiger charge is -2.13. The number of urea groups is 1. The van der Waals surface area contributed by atoms with Crippen LogP contribution in [-0.4, -0.2) is 46.4 Å². The van der Waals surface area contributed by atoms with Crippen LogP contribution in [-0.2, 0) is 16.0 Å². The van der Waals surface area contributed by atoms with E-state index in [9.17, 15) is 14.4 Å². The van der Waals surface area contributed by atoms with Crippen LogP contribution in [0.3, 0.4) is 0 Å². The van der Waals surface area contributed by atoms with Gasteiger partial charge in [0.15, 0.2) is 0 Å². The Balaban J connectivity index is 1.56. The molecule has 7 heteroatoms. The molecular weight excluding hydrogens is 332 g/mol. The van der Waals surface area contributed by atoms with Gasteiger partial charge in [0.25, 0.3) is 5.91 Å². The molecule has 1 saturated heterocycles. The van der Waals surface area contributed by atoms with Crippen molar-refractivity contribution in [3.63, 3.8) is 0 Å². The van der Waals surface area contributed by atoms with Crippen molar-refractivity contribution in [2.75, 3.05) is 6.54 Å². The van der Waals surface area contributed by atoms with Gasteiger partial charge in [-0.15, -0.1) is 0 Å². The van der Waals surface area contributed by atoms with Crippen molar-refractivity contribution in [2.45, 2.75) is 45.2 Å². The van der Waals surface area contributed by atoms with E-state index >= 15 is 0 Å². The smallest absolute Gasteiger partial charge is 0.324 e. The van der Waals surface area contributed by atoms with Crippen molar-refractivity contribution in [2.24, 2.45) is 0 Å². The molecule has 138 valence electrons. The van der Waals surface area contributed by atoms with Crippen molar-refractivity contribution in [1.29, 1.82) is 0 Å². The summed E-state index contributed by atoms with van der Waals surface area (Å²) in [6.07, 6.45) is 3.03. The summed E-state index contributed by atoms with van der Waals surface area (Å²) in [5.74, 6) is -0.369. The zero-order valence-corrected chi connectivity index (χ0v) is 15.0. The number of para-hydroxylation sites is 1. The van der Waals surface area contributed by atoms with Crippen molar-refractivity contribution in [3.8, 4) is 0 Å². The third kappa shape index (κ3) is 3.87. The number of nitrogens with one attached hydrogen (secondary N) is 3. The Labute approximate surface area is 152 Å². The van der Waals surface area contributed by atoms with E-state index in [0.29, 0.717) is 19.4 Å². The highest BCUT2D eigenvalue weighted by Crippen LogP contribution is 2.19. The third-order valence-corrected chi connectivity index (χ3v) is 4.50. The molecule has 2 aromatic rings. The van der Waals surface area contributed by atoms with E-state index < -0.39 is 6.04 Å². The number of carbonyl (C=O) groups is 3. The van der Waals surface area contributed by atoms with Crippen LogP contribution in [0.25, 0.3) is 10.9 Å². The molecule has 1 aromatic carbocycles. The predicted molar refractivity (Wildman–Crippen MR) is 98.5 cm³/mol. The summed E-state index contributed by atoms with van der Waals surface area (Å²) in [4.78, 5) is 40.8. The Morgan fingerprint density at radius 2 is 2.04 bits per heavy atom. The minimum absolute atomic E-state index is 0.0593. The van der Waals surface area contributed by atoms with E-state index in [4.69, 9.17) is 0 Å². The lowest BCUT2D eigenvalue weighted by molar-refractivity contribution is -0.127. The van der Waals surface area contributed by atoms with E-state index in [0.717, 1.165) is 16.5 Å². The molecule has 1 unspecified atom stereocenters. The fourth-order valence-electron chi connectivity index (χ4n) is 3.22. The number of H-pyrrole nitrogens is 1. The molecule has 1 aromatic heterocycles. The first-order chi connectivity index (χ1) is 12.5. The van der Waals surface area contributed by atoms with E-state index in [1.54, 1.807) is 0 Å². The second kappa shape index (κ2) is 7.59. The number of nitrogens with zero attached hydrogens (tertiary/aromatic N) is 1. The normalized spacial score (nSPS) is 17.2. The van der Waals surface area contributed by atoms with Crippen LogP contribution in [0.15, 0.2) is 30.5 Å². The van der Waals surface area contributed by atoms with Gasteiger partial charge in [0.05, 0.1) is 0 Å². The summed E-state index contributed by atoms with van der Waals surface area (Å²) in [6.45, 7) is 4.08. The highest BCUT2D eigenvalue weighted by Gasteiger charge is 2.37. The number of aromatic amines is 1. The molecule has 0 bridgehead atoms. The molecular formula is C19H24N4O3. The molecule has 7 nitrogen and oxygen atoms in total. The number of imide groups is 1. The largest absolute Gasteiger partial charge is 0.361 e. The quantitative estimate of drug-likeness (QED) is 0.662. The molecule has 0 radical (unpaired) electrons. The van der Waals surface area contributed by atoms with Crippen LogP contribution in [0, 0.1) is 0 Å². The van der Waals surface area contributed by atoms with Gasteiger partial charge in [-0.1, -0.05) is 18.2 Å². The third-order valence-electron chi connectivity index (χ3n) is 4.50. The number of hydrogen-bond acceptors (Lipinski definition) is 3. The summed E-state index contributed by atoms with van der Waals surface area (Å²) < 4.78 is 0. The summed E-state index contributed by atoms with van der Waals surface area (Å²) in [5, 5.41) is 6.56. The number of carbonyl (C=O) groups excluding carboxylic acids is 3. The average molecular weight is 356 g/mol.